The van der Waals surface area contributed by atoms with Crippen molar-refractivity contribution in [3.63, 3.8) is 0 Å². The van der Waals surface area contributed by atoms with Gasteiger partial charge in [0.25, 0.3) is 0 Å². The van der Waals surface area contributed by atoms with E-state index in [1.807, 2.05) is 39.4 Å². The molecule has 0 atom stereocenters. The van der Waals surface area contributed by atoms with E-state index in [2.05, 4.69) is 131 Å². The van der Waals surface area contributed by atoms with Gasteiger partial charge >= 0.3 is 0 Å². The molecule has 0 bridgehead atoms. The topological polar surface area (TPSA) is 0 Å². The van der Waals surface area contributed by atoms with Crippen LogP contribution in [0.3, 0.4) is 0 Å². The van der Waals surface area contributed by atoms with Crippen LogP contribution in [0.2, 0.25) is 0 Å². The fraction of sp³-hybridized carbons (Fsp3) is 0.158. The molecule has 216 valence electrons. The summed E-state index contributed by atoms with van der Waals surface area (Å²) in [6.07, 6.45) is 5.45. The van der Waals surface area contributed by atoms with Gasteiger partial charge < -0.3 is 0 Å². The molecule has 43 heavy (non-hydrogen) atoms. The van der Waals surface area contributed by atoms with Crippen LogP contribution in [0.1, 0.15) is 37.6 Å². The van der Waals surface area contributed by atoms with Crippen LogP contribution in [-0.4, -0.2) is 6.26 Å². The van der Waals surface area contributed by atoms with E-state index in [1.165, 1.54) is 83.2 Å². The van der Waals surface area contributed by atoms with E-state index < -0.39 is 0 Å². The Bertz CT molecular complexity index is 2210. The number of hydrogen-bond donors (Lipinski definition) is 1. The Morgan fingerprint density at radius 3 is 1.86 bits per heavy atom. The molecule has 0 unspecified atom stereocenters. The highest BCUT2D eigenvalue weighted by Gasteiger charge is 2.14. The third kappa shape index (κ3) is 5.86. The smallest absolute Gasteiger partial charge is 0.0455 e. The van der Waals surface area contributed by atoms with Crippen molar-refractivity contribution in [2.45, 2.75) is 34.1 Å². The molecule has 0 fully saturated rings. The number of allylic oxidation sites excluding steroid dienone is 3. The predicted octanol–water partition coefficient (Wildman–Crippen LogP) is 14.1. The lowest BCUT2D eigenvalue weighted by Crippen LogP contribution is -1.81. The summed E-state index contributed by atoms with van der Waals surface area (Å²) in [5, 5.41) is 14.7. The molecule has 0 aliphatic carbocycles. The third-order valence-corrected chi connectivity index (χ3v) is 12.7. The molecule has 3 heterocycles. The molecule has 5 heteroatoms. The quantitative estimate of drug-likeness (QED) is 0.110. The molecule has 7 aromatic rings. The van der Waals surface area contributed by atoms with Crippen molar-refractivity contribution in [2.24, 2.45) is 0 Å². The first-order chi connectivity index (χ1) is 20.8. The maximum Gasteiger partial charge on any atom is 0.0455 e. The molecular formula is C38H34S5. The van der Waals surface area contributed by atoms with Crippen molar-refractivity contribution in [2.75, 3.05) is 6.26 Å². The minimum absolute atomic E-state index is 1.09. The van der Waals surface area contributed by atoms with Gasteiger partial charge in [-0.2, -0.15) is 12.6 Å². The minimum Gasteiger partial charge on any atom is -0.151 e. The van der Waals surface area contributed by atoms with Crippen molar-refractivity contribution in [1.29, 1.82) is 0 Å². The molecule has 0 radical (unpaired) electrons. The third-order valence-electron chi connectivity index (χ3n) is 7.75. The van der Waals surface area contributed by atoms with E-state index in [-0.39, 0.29) is 0 Å². The highest BCUT2D eigenvalue weighted by atomic mass is 32.2. The first kappa shape index (κ1) is 30.2. The van der Waals surface area contributed by atoms with Crippen LogP contribution in [0.4, 0.5) is 0 Å². The first-order valence-electron chi connectivity index (χ1n) is 14.3. The maximum absolute atomic E-state index is 4.08. The summed E-state index contributed by atoms with van der Waals surface area (Å²) in [7, 11) is 0. The number of hydrogen-bond acceptors (Lipinski definition) is 5. The van der Waals surface area contributed by atoms with E-state index >= 15 is 0 Å². The second-order valence-corrected chi connectivity index (χ2v) is 15.1. The van der Waals surface area contributed by atoms with Crippen molar-refractivity contribution in [3.05, 3.63) is 112 Å². The Kier molecular flexibility index (Phi) is 8.91. The highest BCUT2D eigenvalue weighted by molar-refractivity contribution is 8.07. The van der Waals surface area contributed by atoms with Crippen molar-refractivity contribution < 1.29 is 0 Å². The molecule has 0 N–H and O–H groups in total. The lowest BCUT2D eigenvalue weighted by molar-refractivity contribution is 1.11. The van der Waals surface area contributed by atoms with Crippen LogP contribution in [0.5, 0.6) is 0 Å². The van der Waals surface area contributed by atoms with Gasteiger partial charge in [-0.05, 0) is 106 Å². The van der Waals surface area contributed by atoms with E-state index in [9.17, 15) is 0 Å². The molecule has 0 saturated carbocycles. The molecule has 3 aromatic heterocycles. The van der Waals surface area contributed by atoms with Crippen molar-refractivity contribution in [1.82, 2.24) is 0 Å². The van der Waals surface area contributed by atoms with E-state index in [1.54, 1.807) is 11.8 Å². The number of rotatable bonds is 5. The summed E-state index contributed by atoms with van der Waals surface area (Å²) in [4.78, 5) is 5.32. The standard InChI is InChI=1S/C33H24S4.C5H10S/c1-18(2)13-28(34-4)30-15-20-5-7-24-22-10-12-27-25(23(22)9-11-26(24)32(20)36-30)8-6-21-16-31(37-33(21)27)29-14-19(3)17-35-29;1-3-5(2)4-6/h5-17H,1H2,2-4H3;4,6H,3H2,1-2H3/b28-13-;5-4+. The molecule has 0 aliphatic heterocycles. The number of benzene rings is 4. The Labute approximate surface area is 275 Å². The second-order valence-electron chi connectivity index (χ2n) is 11.0. The molecule has 0 spiro atoms. The van der Waals surface area contributed by atoms with Gasteiger partial charge in [-0.3, -0.25) is 0 Å². The zero-order chi connectivity index (χ0) is 30.2. The fourth-order valence-corrected chi connectivity index (χ4v) is 9.79. The number of fused-ring (bicyclic) bond motifs is 9. The first-order valence-corrected chi connectivity index (χ1v) is 18.6. The summed E-state index contributed by atoms with van der Waals surface area (Å²) in [5.74, 6) is 0. The molecule has 0 nitrogen and oxygen atoms in total. The summed E-state index contributed by atoms with van der Waals surface area (Å²) < 4.78 is 2.74. The van der Waals surface area contributed by atoms with Gasteiger partial charge in [0.05, 0.1) is 0 Å². The normalized spacial score (nSPS) is 12.5. The Morgan fingerprint density at radius 2 is 1.35 bits per heavy atom. The van der Waals surface area contributed by atoms with Crippen LogP contribution < -0.4 is 0 Å². The zero-order valence-electron chi connectivity index (χ0n) is 25.1. The summed E-state index contributed by atoms with van der Waals surface area (Å²) in [5.41, 5.74) is 3.75. The van der Waals surface area contributed by atoms with Gasteiger partial charge in [0.15, 0.2) is 0 Å². The van der Waals surface area contributed by atoms with Crippen LogP contribution in [0.15, 0.2) is 101 Å². The van der Waals surface area contributed by atoms with Crippen LogP contribution in [-0.2, 0) is 0 Å². The number of thiophene rings is 3. The van der Waals surface area contributed by atoms with Crippen LogP contribution in [0, 0.1) is 6.92 Å². The fourth-order valence-electron chi connectivity index (χ4n) is 5.38. The van der Waals surface area contributed by atoms with Gasteiger partial charge in [0.2, 0.25) is 0 Å². The molecular weight excluding hydrogens is 617 g/mol. The largest absolute Gasteiger partial charge is 0.151 e. The summed E-state index contributed by atoms with van der Waals surface area (Å²) in [6, 6.07) is 25.5. The van der Waals surface area contributed by atoms with Gasteiger partial charge in [0, 0.05) is 39.7 Å². The predicted molar refractivity (Wildman–Crippen MR) is 207 cm³/mol. The molecule has 0 saturated heterocycles. The number of thioether (sulfide) groups is 1. The maximum atomic E-state index is 4.08. The number of aryl methyl sites for hydroxylation is 1. The average Bonchev–Trinajstić information content (AvgIpc) is 3.77. The monoisotopic (exact) mass is 650 g/mol. The number of thiol groups is 1. The molecule has 0 amide bonds. The van der Waals surface area contributed by atoms with E-state index in [4.69, 9.17) is 0 Å². The lowest BCUT2D eigenvalue weighted by atomic mass is 9.96. The van der Waals surface area contributed by atoms with Crippen molar-refractivity contribution in [3.8, 4) is 9.75 Å². The van der Waals surface area contributed by atoms with Crippen LogP contribution in [0.25, 0.3) is 67.1 Å². The molecule has 7 rings (SSSR count). The van der Waals surface area contributed by atoms with Crippen LogP contribution >= 0.6 is 58.4 Å². The summed E-state index contributed by atoms with van der Waals surface area (Å²) >= 11 is 11.4. The molecule has 0 aliphatic rings. The van der Waals surface area contributed by atoms with Gasteiger partial charge in [0.1, 0.15) is 0 Å². The summed E-state index contributed by atoms with van der Waals surface area (Å²) in [6.45, 7) is 12.5. The second kappa shape index (κ2) is 12.7. The lowest BCUT2D eigenvalue weighted by Gasteiger charge is -2.09. The Balaban J connectivity index is 0.000000501. The minimum atomic E-state index is 1.09. The average molecular weight is 651 g/mol. The Hall–Kier alpha value is -2.80. The zero-order valence-corrected chi connectivity index (χ0v) is 29.2. The van der Waals surface area contributed by atoms with Gasteiger partial charge in [-0.15, -0.1) is 45.8 Å². The highest BCUT2D eigenvalue weighted by Crippen LogP contribution is 2.44. The SMILES string of the molecule is C=C(C)/C=C(\SC)c1cc2ccc3c4ccc5c(ccc6cc(-c7cc(C)cs7)sc65)c4ccc3c2s1.CC/C(C)=C/S. The van der Waals surface area contributed by atoms with Gasteiger partial charge in [-0.1, -0.05) is 73.2 Å². The van der Waals surface area contributed by atoms with Crippen molar-refractivity contribution >= 4 is 116 Å². The Morgan fingerprint density at radius 1 is 0.791 bits per heavy atom. The molecule has 4 aromatic carbocycles. The van der Waals surface area contributed by atoms with E-state index in [0.717, 1.165) is 12.0 Å². The van der Waals surface area contributed by atoms with E-state index in [0.29, 0.717) is 0 Å². The van der Waals surface area contributed by atoms with Gasteiger partial charge in [-0.25, -0.2) is 0 Å².